The lowest BCUT2D eigenvalue weighted by Gasteiger charge is -2.27. The van der Waals surface area contributed by atoms with E-state index in [1.54, 1.807) is 6.07 Å². The molecule has 2 heterocycles. The van der Waals surface area contributed by atoms with Gasteiger partial charge in [0.25, 0.3) is 0 Å². The van der Waals surface area contributed by atoms with Gasteiger partial charge in [0.2, 0.25) is 0 Å². The van der Waals surface area contributed by atoms with Gasteiger partial charge in [-0.3, -0.25) is 0 Å². The maximum atomic E-state index is 10.8. The van der Waals surface area contributed by atoms with E-state index in [4.69, 9.17) is 5.11 Å². The quantitative estimate of drug-likeness (QED) is 0.730. The number of nitrogens with zero attached hydrogens (tertiary/aromatic N) is 3. The molecule has 1 aromatic rings. The Kier molecular flexibility index (Phi) is 4.39. The normalized spacial score (nSPS) is 18.4. The Morgan fingerprint density at radius 1 is 1.40 bits per heavy atom. The molecule has 110 valence electrons. The van der Waals surface area contributed by atoms with Gasteiger partial charge in [-0.25, -0.2) is 14.8 Å². The van der Waals surface area contributed by atoms with Crippen LogP contribution in [0.3, 0.4) is 0 Å². The van der Waals surface area contributed by atoms with Gasteiger partial charge in [0.15, 0.2) is 5.60 Å². The van der Waals surface area contributed by atoms with E-state index in [9.17, 15) is 9.90 Å². The van der Waals surface area contributed by atoms with Crippen LogP contribution in [-0.4, -0.2) is 51.4 Å². The molecular weight excluding hydrogens is 260 g/mol. The van der Waals surface area contributed by atoms with Crippen molar-refractivity contribution in [3.8, 4) is 0 Å². The number of anilines is 2. The van der Waals surface area contributed by atoms with Gasteiger partial charge in [-0.1, -0.05) is 0 Å². The van der Waals surface area contributed by atoms with Crippen LogP contribution in [0.4, 0.5) is 11.6 Å². The van der Waals surface area contributed by atoms with Crippen molar-refractivity contribution in [1.29, 1.82) is 0 Å². The average molecular weight is 280 g/mol. The summed E-state index contributed by atoms with van der Waals surface area (Å²) in [5.74, 6) is 0.0783. The molecule has 7 heteroatoms. The number of carboxylic acids is 1. The third-order valence-corrected chi connectivity index (χ3v) is 3.41. The van der Waals surface area contributed by atoms with Crippen molar-refractivity contribution < 1.29 is 15.0 Å². The molecule has 0 radical (unpaired) electrons. The van der Waals surface area contributed by atoms with Gasteiger partial charge in [0.1, 0.15) is 18.0 Å². The van der Waals surface area contributed by atoms with Crippen LogP contribution in [0, 0.1) is 0 Å². The summed E-state index contributed by atoms with van der Waals surface area (Å²) in [5.41, 5.74) is -1.82. The first-order chi connectivity index (χ1) is 9.49. The Bertz CT molecular complexity index is 472. The second kappa shape index (κ2) is 6.04. The highest BCUT2D eigenvalue weighted by Crippen LogP contribution is 2.19. The number of rotatable bonds is 5. The summed E-state index contributed by atoms with van der Waals surface area (Å²) in [6.45, 7) is 3.08. The van der Waals surface area contributed by atoms with Gasteiger partial charge < -0.3 is 20.4 Å². The Labute approximate surface area is 117 Å². The molecule has 1 aliphatic heterocycles. The monoisotopic (exact) mass is 280 g/mol. The molecule has 0 amide bonds. The fourth-order valence-electron chi connectivity index (χ4n) is 2.08. The SMILES string of the molecule is CC(O)(CNc1cc(N2CCCCC2)ncn1)C(=O)O. The maximum absolute atomic E-state index is 10.8. The van der Waals surface area contributed by atoms with E-state index in [1.165, 1.54) is 19.7 Å². The van der Waals surface area contributed by atoms with Crippen LogP contribution in [0.15, 0.2) is 12.4 Å². The molecule has 0 aromatic carbocycles. The van der Waals surface area contributed by atoms with E-state index in [2.05, 4.69) is 20.2 Å². The van der Waals surface area contributed by atoms with Gasteiger partial charge in [-0.2, -0.15) is 0 Å². The van der Waals surface area contributed by atoms with Gasteiger partial charge in [0.05, 0.1) is 6.54 Å². The van der Waals surface area contributed by atoms with Crippen molar-refractivity contribution in [3.63, 3.8) is 0 Å². The smallest absolute Gasteiger partial charge is 0.337 e. The van der Waals surface area contributed by atoms with Crippen LogP contribution in [0.25, 0.3) is 0 Å². The molecule has 1 fully saturated rings. The molecule has 1 atom stereocenters. The number of aromatic nitrogens is 2. The summed E-state index contributed by atoms with van der Waals surface area (Å²) >= 11 is 0. The summed E-state index contributed by atoms with van der Waals surface area (Å²) in [6.07, 6.45) is 5.00. The molecule has 0 aliphatic carbocycles. The van der Waals surface area contributed by atoms with Crippen molar-refractivity contribution in [2.24, 2.45) is 0 Å². The van der Waals surface area contributed by atoms with Crippen LogP contribution < -0.4 is 10.2 Å². The zero-order valence-corrected chi connectivity index (χ0v) is 11.5. The lowest BCUT2D eigenvalue weighted by atomic mass is 10.1. The van der Waals surface area contributed by atoms with E-state index >= 15 is 0 Å². The van der Waals surface area contributed by atoms with Gasteiger partial charge >= 0.3 is 5.97 Å². The fraction of sp³-hybridized carbons (Fsp3) is 0.615. The minimum atomic E-state index is -1.82. The number of hydrogen-bond donors (Lipinski definition) is 3. The number of hydrogen-bond acceptors (Lipinski definition) is 6. The molecular formula is C13H20N4O3. The standard InChI is InChI=1S/C13H20N4O3/c1-13(20,12(18)19)8-14-10-7-11(16-9-15-10)17-5-3-2-4-6-17/h7,9,20H,2-6,8H2,1H3,(H,18,19)(H,14,15,16). The number of aliphatic hydroxyl groups is 1. The number of carbonyl (C=O) groups is 1. The molecule has 1 aliphatic rings. The first kappa shape index (κ1) is 14.5. The number of carboxylic acid groups (broad SMARTS) is 1. The first-order valence-corrected chi connectivity index (χ1v) is 6.76. The first-order valence-electron chi connectivity index (χ1n) is 6.76. The largest absolute Gasteiger partial charge is 0.479 e. The van der Waals surface area contributed by atoms with E-state index in [0.717, 1.165) is 31.7 Å². The van der Waals surface area contributed by atoms with Gasteiger partial charge in [0, 0.05) is 19.2 Å². The third-order valence-electron chi connectivity index (χ3n) is 3.41. The predicted molar refractivity (Wildman–Crippen MR) is 74.8 cm³/mol. The third kappa shape index (κ3) is 3.57. The fourth-order valence-corrected chi connectivity index (χ4v) is 2.08. The summed E-state index contributed by atoms with van der Waals surface area (Å²) in [5, 5.41) is 21.3. The Morgan fingerprint density at radius 2 is 2.10 bits per heavy atom. The molecule has 1 unspecified atom stereocenters. The van der Waals surface area contributed by atoms with Crippen LogP contribution in [0.5, 0.6) is 0 Å². The highest BCUT2D eigenvalue weighted by molar-refractivity contribution is 5.77. The van der Waals surface area contributed by atoms with Crippen molar-refractivity contribution in [2.45, 2.75) is 31.8 Å². The number of piperidine rings is 1. The molecule has 0 bridgehead atoms. The second-order valence-electron chi connectivity index (χ2n) is 5.24. The van der Waals surface area contributed by atoms with Crippen molar-refractivity contribution >= 4 is 17.6 Å². The van der Waals surface area contributed by atoms with E-state index in [1.807, 2.05) is 0 Å². The lowest BCUT2D eigenvalue weighted by molar-refractivity contribution is -0.155. The molecule has 0 saturated carbocycles. The molecule has 0 spiro atoms. The van der Waals surface area contributed by atoms with E-state index in [-0.39, 0.29) is 6.54 Å². The summed E-state index contributed by atoms with van der Waals surface area (Å²) in [4.78, 5) is 21.3. The lowest BCUT2D eigenvalue weighted by Crippen LogP contribution is -2.42. The van der Waals surface area contributed by atoms with Crippen LogP contribution in [-0.2, 0) is 4.79 Å². The van der Waals surface area contributed by atoms with Crippen LogP contribution in [0.1, 0.15) is 26.2 Å². The van der Waals surface area contributed by atoms with E-state index < -0.39 is 11.6 Å². The summed E-state index contributed by atoms with van der Waals surface area (Å²) in [7, 11) is 0. The minimum absolute atomic E-state index is 0.112. The summed E-state index contributed by atoms with van der Waals surface area (Å²) < 4.78 is 0. The predicted octanol–water partition coefficient (Wildman–Crippen LogP) is 0.714. The maximum Gasteiger partial charge on any atom is 0.337 e. The Hall–Kier alpha value is -1.89. The molecule has 1 saturated heterocycles. The molecule has 20 heavy (non-hydrogen) atoms. The Morgan fingerprint density at radius 3 is 2.75 bits per heavy atom. The van der Waals surface area contributed by atoms with Crippen LogP contribution >= 0.6 is 0 Å². The van der Waals surface area contributed by atoms with Crippen molar-refractivity contribution in [1.82, 2.24) is 9.97 Å². The zero-order valence-electron chi connectivity index (χ0n) is 11.5. The highest BCUT2D eigenvalue weighted by atomic mass is 16.4. The van der Waals surface area contributed by atoms with Gasteiger partial charge in [-0.05, 0) is 26.2 Å². The van der Waals surface area contributed by atoms with Crippen molar-refractivity contribution in [3.05, 3.63) is 12.4 Å². The topological polar surface area (TPSA) is 98.6 Å². The van der Waals surface area contributed by atoms with Crippen LogP contribution in [0.2, 0.25) is 0 Å². The summed E-state index contributed by atoms with van der Waals surface area (Å²) in [6, 6.07) is 1.78. The zero-order chi connectivity index (χ0) is 14.6. The van der Waals surface area contributed by atoms with Gasteiger partial charge in [-0.15, -0.1) is 0 Å². The highest BCUT2D eigenvalue weighted by Gasteiger charge is 2.29. The minimum Gasteiger partial charge on any atom is -0.479 e. The number of nitrogens with one attached hydrogen (secondary N) is 1. The second-order valence-corrected chi connectivity index (χ2v) is 5.24. The average Bonchev–Trinajstić information content (AvgIpc) is 2.46. The number of aliphatic carboxylic acids is 1. The van der Waals surface area contributed by atoms with Crippen molar-refractivity contribution in [2.75, 3.05) is 29.9 Å². The molecule has 2 rings (SSSR count). The Balaban J connectivity index is 2.00. The molecule has 7 nitrogen and oxygen atoms in total. The van der Waals surface area contributed by atoms with E-state index in [0.29, 0.717) is 5.82 Å². The molecule has 3 N–H and O–H groups in total. The molecule has 1 aromatic heterocycles.